The molecule has 0 aliphatic carbocycles. The third kappa shape index (κ3) is 2.69. The first-order chi connectivity index (χ1) is 7.29. The quantitative estimate of drug-likeness (QED) is 0.862. The molecule has 1 fully saturated rings. The molecule has 0 spiro atoms. The lowest BCUT2D eigenvalue weighted by Crippen LogP contribution is -2.24. The van der Waals surface area contributed by atoms with Crippen LogP contribution in [0.5, 0.6) is 0 Å². The highest BCUT2D eigenvalue weighted by atomic mass is 32.1. The Hall–Kier alpha value is -0.610. The summed E-state index contributed by atoms with van der Waals surface area (Å²) < 4.78 is 5.72. The third-order valence-electron chi connectivity index (χ3n) is 2.87. The van der Waals surface area contributed by atoms with Crippen molar-refractivity contribution in [2.24, 2.45) is 0 Å². The van der Waals surface area contributed by atoms with E-state index in [2.05, 4.69) is 11.9 Å². The Balaban J connectivity index is 1.98. The molecular formula is C11H18N2OS. The molecule has 1 aromatic heterocycles. The lowest BCUT2D eigenvalue weighted by molar-refractivity contribution is 0.00161. The molecule has 2 unspecified atom stereocenters. The molecule has 1 aromatic rings. The Kier molecular flexibility index (Phi) is 3.59. The number of aromatic nitrogens is 1. The summed E-state index contributed by atoms with van der Waals surface area (Å²) in [5.41, 5.74) is 5.65. The van der Waals surface area contributed by atoms with E-state index in [1.54, 1.807) is 11.3 Å². The normalized spacial score (nSPS) is 26.7. The molecule has 2 heterocycles. The number of nitrogens with two attached hydrogens (primary N) is 1. The monoisotopic (exact) mass is 226 g/mol. The van der Waals surface area contributed by atoms with Crippen LogP contribution in [0.4, 0.5) is 5.82 Å². The van der Waals surface area contributed by atoms with Gasteiger partial charge in [0.1, 0.15) is 5.82 Å². The lowest BCUT2D eigenvalue weighted by atomic mass is 9.94. The van der Waals surface area contributed by atoms with Gasteiger partial charge >= 0.3 is 0 Å². The Bertz CT molecular complexity index is 311. The smallest absolute Gasteiger partial charge is 0.134 e. The van der Waals surface area contributed by atoms with Crippen LogP contribution < -0.4 is 5.73 Å². The second-order valence-electron chi connectivity index (χ2n) is 4.11. The van der Waals surface area contributed by atoms with Gasteiger partial charge < -0.3 is 10.5 Å². The molecule has 0 bridgehead atoms. The van der Waals surface area contributed by atoms with Gasteiger partial charge in [-0.15, -0.1) is 11.3 Å². The Morgan fingerprint density at radius 3 is 3.20 bits per heavy atom. The fourth-order valence-electron chi connectivity index (χ4n) is 2.12. The van der Waals surface area contributed by atoms with E-state index in [0.717, 1.165) is 25.9 Å². The van der Waals surface area contributed by atoms with Crippen molar-refractivity contribution >= 4 is 17.2 Å². The van der Waals surface area contributed by atoms with E-state index in [1.165, 1.54) is 11.4 Å². The van der Waals surface area contributed by atoms with E-state index in [0.29, 0.717) is 17.8 Å². The van der Waals surface area contributed by atoms with Gasteiger partial charge in [-0.3, -0.25) is 0 Å². The molecule has 0 saturated carbocycles. The van der Waals surface area contributed by atoms with Gasteiger partial charge in [-0.05, 0) is 19.3 Å². The molecule has 2 atom stereocenters. The van der Waals surface area contributed by atoms with Gasteiger partial charge in [0.15, 0.2) is 0 Å². The zero-order valence-corrected chi connectivity index (χ0v) is 9.93. The molecule has 1 aliphatic heterocycles. The Labute approximate surface area is 94.7 Å². The minimum absolute atomic E-state index is 0.430. The molecule has 3 nitrogen and oxygen atoms in total. The van der Waals surface area contributed by atoms with E-state index in [1.807, 2.05) is 5.38 Å². The highest BCUT2D eigenvalue weighted by molar-refractivity contribution is 7.10. The number of hydrogen-bond acceptors (Lipinski definition) is 4. The topological polar surface area (TPSA) is 48.1 Å². The number of rotatable bonds is 3. The van der Waals surface area contributed by atoms with Crippen molar-refractivity contribution in [3.8, 4) is 0 Å². The van der Waals surface area contributed by atoms with Crippen LogP contribution >= 0.6 is 11.3 Å². The maximum atomic E-state index is 5.72. The van der Waals surface area contributed by atoms with E-state index in [4.69, 9.17) is 10.5 Å². The maximum Gasteiger partial charge on any atom is 0.134 e. The number of anilines is 1. The summed E-state index contributed by atoms with van der Waals surface area (Å²) in [5.74, 6) is 1.23. The number of hydrogen-bond donors (Lipinski definition) is 1. The van der Waals surface area contributed by atoms with Crippen molar-refractivity contribution in [1.82, 2.24) is 4.98 Å². The van der Waals surface area contributed by atoms with Gasteiger partial charge in [-0.1, -0.05) is 13.3 Å². The third-order valence-corrected chi connectivity index (χ3v) is 3.89. The van der Waals surface area contributed by atoms with Gasteiger partial charge in [0.05, 0.1) is 11.1 Å². The SMILES string of the molecule is CCCC1CC(c2nc(N)cs2)CCO1. The largest absolute Gasteiger partial charge is 0.383 e. The highest BCUT2D eigenvalue weighted by Crippen LogP contribution is 2.33. The molecule has 1 aliphatic rings. The standard InChI is InChI=1S/C11H18N2OS/c1-2-3-9-6-8(4-5-14-9)11-13-10(12)7-15-11/h7-9H,2-6,12H2,1H3. The van der Waals surface area contributed by atoms with E-state index < -0.39 is 0 Å². The predicted molar refractivity (Wildman–Crippen MR) is 63.1 cm³/mol. The first kappa shape index (κ1) is 10.9. The molecule has 0 radical (unpaired) electrons. The van der Waals surface area contributed by atoms with Gasteiger partial charge in [0.25, 0.3) is 0 Å². The molecule has 0 amide bonds. The van der Waals surface area contributed by atoms with Crippen molar-refractivity contribution in [3.05, 3.63) is 10.4 Å². The summed E-state index contributed by atoms with van der Waals surface area (Å²) in [6, 6.07) is 0. The highest BCUT2D eigenvalue weighted by Gasteiger charge is 2.25. The molecule has 84 valence electrons. The molecule has 2 N–H and O–H groups in total. The van der Waals surface area contributed by atoms with Crippen molar-refractivity contribution in [1.29, 1.82) is 0 Å². The minimum atomic E-state index is 0.430. The van der Waals surface area contributed by atoms with Crippen LogP contribution in [-0.2, 0) is 4.74 Å². The summed E-state index contributed by atoms with van der Waals surface area (Å²) in [5, 5.41) is 3.12. The fourth-order valence-corrected chi connectivity index (χ4v) is 2.97. The molecule has 1 saturated heterocycles. The summed E-state index contributed by atoms with van der Waals surface area (Å²) >= 11 is 1.68. The van der Waals surface area contributed by atoms with Crippen LogP contribution in [0.25, 0.3) is 0 Å². The van der Waals surface area contributed by atoms with E-state index >= 15 is 0 Å². The number of nitrogens with zero attached hydrogens (tertiary/aromatic N) is 1. The Morgan fingerprint density at radius 1 is 1.67 bits per heavy atom. The van der Waals surface area contributed by atoms with Crippen LogP contribution in [0.15, 0.2) is 5.38 Å². The zero-order valence-electron chi connectivity index (χ0n) is 9.11. The number of thiazole rings is 1. The second-order valence-corrected chi connectivity index (χ2v) is 5.00. The molecular weight excluding hydrogens is 208 g/mol. The van der Waals surface area contributed by atoms with Crippen LogP contribution in [0.3, 0.4) is 0 Å². The Morgan fingerprint density at radius 2 is 2.53 bits per heavy atom. The molecule has 4 heteroatoms. The number of ether oxygens (including phenoxy) is 1. The van der Waals surface area contributed by atoms with Crippen LogP contribution in [0.2, 0.25) is 0 Å². The van der Waals surface area contributed by atoms with Gasteiger partial charge in [0, 0.05) is 17.9 Å². The molecule has 0 aromatic carbocycles. The average Bonchev–Trinajstić information content (AvgIpc) is 2.66. The minimum Gasteiger partial charge on any atom is -0.383 e. The van der Waals surface area contributed by atoms with Crippen molar-refractivity contribution in [3.63, 3.8) is 0 Å². The summed E-state index contributed by atoms with van der Waals surface area (Å²) in [7, 11) is 0. The summed E-state index contributed by atoms with van der Waals surface area (Å²) in [6.45, 7) is 3.07. The lowest BCUT2D eigenvalue weighted by Gasteiger charge is -2.28. The van der Waals surface area contributed by atoms with Crippen LogP contribution in [0.1, 0.15) is 43.5 Å². The number of nitrogen functional groups attached to an aromatic ring is 1. The summed E-state index contributed by atoms with van der Waals surface area (Å²) in [4.78, 5) is 4.37. The van der Waals surface area contributed by atoms with E-state index in [9.17, 15) is 0 Å². The summed E-state index contributed by atoms with van der Waals surface area (Å²) in [6.07, 6.45) is 4.99. The first-order valence-corrected chi connectivity index (χ1v) is 6.50. The maximum absolute atomic E-state index is 5.72. The first-order valence-electron chi connectivity index (χ1n) is 5.62. The molecule has 15 heavy (non-hydrogen) atoms. The van der Waals surface area contributed by atoms with Gasteiger partial charge in [0.2, 0.25) is 0 Å². The average molecular weight is 226 g/mol. The van der Waals surface area contributed by atoms with Crippen molar-refractivity contribution in [2.45, 2.75) is 44.6 Å². The van der Waals surface area contributed by atoms with Gasteiger partial charge in [-0.2, -0.15) is 0 Å². The predicted octanol–water partition coefficient (Wildman–Crippen LogP) is 2.79. The molecule has 2 rings (SSSR count). The van der Waals surface area contributed by atoms with Crippen LogP contribution in [0, 0.1) is 0 Å². The van der Waals surface area contributed by atoms with Crippen LogP contribution in [-0.4, -0.2) is 17.7 Å². The second kappa shape index (κ2) is 4.94. The van der Waals surface area contributed by atoms with Gasteiger partial charge in [-0.25, -0.2) is 4.98 Å². The van der Waals surface area contributed by atoms with Crippen molar-refractivity contribution < 1.29 is 4.74 Å². The fraction of sp³-hybridized carbons (Fsp3) is 0.727. The zero-order chi connectivity index (χ0) is 10.7. The van der Waals surface area contributed by atoms with Crippen molar-refractivity contribution in [2.75, 3.05) is 12.3 Å². The van der Waals surface area contributed by atoms with E-state index in [-0.39, 0.29) is 0 Å².